The summed E-state index contributed by atoms with van der Waals surface area (Å²) < 4.78 is 43.6. The van der Waals surface area contributed by atoms with Gasteiger partial charge in [-0.1, -0.05) is 11.6 Å². The van der Waals surface area contributed by atoms with Gasteiger partial charge in [-0.3, -0.25) is 9.59 Å². The lowest BCUT2D eigenvalue weighted by atomic mass is 10.1. The van der Waals surface area contributed by atoms with E-state index >= 15 is 0 Å². The van der Waals surface area contributed by atoms with Gasteiger partial charge >= 0.3 is 12.2 Å². The van der Waals surface area contributed by atoms with Gasteiger partial charge in [0, 0.05) is 18.9 Å². The predicted molar refractivity (Wildman–Crippen MR) is 88.7 cm³/mol. The fourth-order valence-corrected chi connectivity index (χ4v) is 2.86. The summed E-state index contributed by atoms with van der Waals surface area (Å²) in [5, 5.41) is -0.108. The van der Waals surface area contributed by atoms with Crippen LogP contribution in [-0.4, -0.2) is 45.0 Å². The number of piperidine rings is 1. The summed E-state index contributed by atoms with van der Waals surface area (Å²) in [5.74, 6) is -0.369. The van der Waals surface area contributed by atoms with Crippen molar-refractivity contribution in [1.82, 2.24) is 19.9 Å². The smallest absolute Gasteiger partial charge is 0.433 e. The molecule has 0 radical (unpaired) electrons. The number of ether oxygens (including phenoxy) is 1. The standard InChI is InChI=1S/C16H14ClF3N4O3/c17-11-6-9(7-22-13(11)25)14(26)24-5-1-2-10(8-24)27-15-21-4-3-12(23-15)16(18,19)20/h3-4,6-7,10H,1-2,5,8H2,(H,22,25). The molecule has 1 aliphatic heterocycles. The largest absolute Gasteiger partial charge is 0.458 e. The Kier molecular flexibility index (Phi) is 5.36. The molecule has 2 aromatic heterocycles. The summed E-state index contributed by atoms with van der Waals surface area (Å²) in [6.07, 6.45) is -1.79. The molecule has 0 saturated carbocycles. The van der Waals surface area contributed by atoms with E-state index < -0.39 is 29.5 Å². The van der Waals surface area contributed by atoms with Crippen molar-refractivity contribution in [2.45, 2.75) is 25.1 Å². The summed E-state index contributed by atoms with van der Waals surface area (Å²) in [4.78, 5) is 34.8. The number of likely N-dealkylation sites (tertiary alicyclic amines) is 1. The molecule has 3 rings (SSSR count). The van der Waals surface area contributed by atoms with Gasteiger partial charge in [-0.05, 0) is 25.0 Å². The van der Waals surface area contributed by atoms with Crippen molar-refractivity contribution >= 4 is 17.5 Å². The first-order chi connectivity index (χ1) is 12.7. The van der Waals surface area contributed by atoms with Crippen molar-refractivity contribution in [2.24, 2.45) is 0 Å². The molecule has 1 saturated heterocycles. The number of pyridine rings is 1. The average molecular weight is 403 g/mol. The highest BCUT2D eigenvalue weighted by Crippen LogP contribution is 2.28. The van der Waals surface area contributed by atoms with Crippen molar-refractivity contribution in [3.8, 4) is 6.01 Å². The fourth-order valence-electron chi connectivity index (χ4n) is 2.69. The Hall–Kier alpha value is -2.62. The van der Waals surface area contributed by atoms with Gasteiger partial charge in [0.15, 0.2) is 5.69 Å². The van der Waals surface area contributed by atoms with Crippen molar-refractivity contribution in [2.75, 3.05) is 13.1 Å². The van der Waals surface area contributed by atoms with Crippen molar-refractivity contribution in [3.05, 3.63) is 51.2 Å². The fraction of sp³-hybridized carbons (Fsp3) is 0.375. The predicted octanol–water partition coefficient (Wildman–Crippen LogP) is 2.52. The molecule has 3 heterocycles. The molecule has 11 heteroatoms. The SMILES string of the molecule is O=C(c1c[nH]c(=O)c(Cl)c1)N1CCCC(Oc2nccc(C(F)(F)F)n2)C1. The molecule has 1 atom stereocenters. The lowest BCUT2D eigenvalue weighted by molar-refractivity contribution is -0.141. The molecular formula is C16H14ClF3N4O3. The number of hydrogen-bond acceptors (Lipinski definition) is 5. The topological polar surface area (TPSA) is 88.2 Å². The van der Waals surface area contributed by atoms with E-state index in [2.05, 4.69) is 15.0 Å². The molecule has 2 aromatic rings. The van der Waals surface area contributed by atoms with Gasteiger partial charge in [-0.2, -0.15) is 18.2 Å². The Balaban J connectivity index is 1.70. The number of H-pyrrole nitrogens is 1. The van der Waals surface area contributed by atoms with Crippen LogP contribution in [0.4, 0.5) is 13.2 Å². The Morgan fingerprint density at radius 1 is 1.41 bits per heavy atom. The molecule has 1 aliphatic rings. The second-order valence-electron chi connectivity index (χ2n) is 5.92. The molecule has 0 aliphatic carbocycles. The number of aromatic amines is 1. The Morgan fingerprint density at radius 2 is 2.19 bits per heavy atom. The van der Waals surface area contributed by atoms with Crippen LogP contribution < -0.4 is 10.3 Å². The second kappa shape index (κ2) is 7.55. The van der Waals surface area contributed by atoms with E-state index in [0.29, 0.717) is 19.4 Å². The molecular weight excluding hydrogens is 389 g/mol. The van der Waals surface area contributed by atoms with E-state index in [1.165, 1.54) is 17.2 Å². The number of aromatic nitrogens is 3. The zero-order valence-corrected chi connectivity index (χ0v) is 14.5. The first kappa shape index (κ1) is 19.2. The maximum atomic E-state index is 12.7. The number of alkyl halides is 3. The summed E-state index contributed by atoms with van der Waals surface area (Å²) >= 11 is 5.74. The monoisotopic (exact) mass is 402 g/mol. The van der Waals surface area contributed by atoms with Crippen molar-refractivity contribution < 1.29 is 22.7 Å². The van der Waals surface area contributed by atoms with Gasteiger partial charge in [0.05, 0.1) is 12.1 Å². The number of nitrogens with one attached hydrogen (secondary N) is 1. The van der Waals surface area contributed by atoms with E-state index in [4.69, 9.17) is 16.3 Å². The molecule has 1 unspecified atom stereocenters. The van der Waals surface area contributed by atoms with Crippen LogP contribution in [-0.2, 0) is 6.18 Å². The van der Waals surface area contributed by atoms with Gasteiger partial charge in [0.1, 0.15) is 11.1 Å². The summed E-state index contributed by atoms with van der Waals surface area (Å²) in [7, 11) is 0. The molecule has 0 spiro atoms. The van der Waals surface area contributed by atoms with E-state index in [-0.39, 0.29) is 23.0 Å². The average Bonchev–Trinajstić information content (AvgIpc) is 2.63. The molecule has 1 amide bonds. The number of carbonyl (C=O) groups excluding carboxylic acids is 1. The zero-order chi connectivity index (χ0) is 19.6. The van der Waals surface area contributed by atoms with Crippen LogP contribution in [0.15, 0.2) is 29.3 Å². The van der Waals surface area contributed by atoms with Gasteiger partial charge in [0.2, 0.25) is 0 Å². The van der Waals surface area contributed by atoms with Crippen LogP contribution in [0.2, 0.25) is 5.02 Å². The van der Waals surface area contributed by atoms with Crippen LogP contribution in [0.3, 0.4) is 0 Å². The van der Waals surface area contributed by atoms with Crippen molar-refractivity contribution in [1.29, 1.82) is 0 Å². The number of halogens is 4. The normalized spacial score (nSPS) is 17.6. The van der Waals surface area contributed by atoms with E-state index in [1.54, 1.807) is 0 Å². The van der Waals surface area contributed by atoms with Gasteiger partial charge in [-0.25, -0.2) is 4.98 Å². The maximum Gasteiger partial charge on any atom is 0.433 e. The van der Waals surface area contributed by atoms with Crippen LogP contribution >= 0.6 is 11.6 Å². The quantitative estimate of drug-likeness (QED) is 0.852. The molecule has 7 nitrogen and oxygen atoms in total. The minimum absolute atomic E-state index is 0.108. The third-order valence-corrected chi connectivity index (χ3v) is 4.25. The van der Waals surface area contributed by atoms with Gasteiger partial charge in [0.25, 0.3) is 11.5 Å². The Bertz CT molecular complexity index is 903. The highest BCUT2D eigenvalue weighted by molar-refractivity contribution is 6.30. The third kappa shape index (κ3) is 4.57. The minimum atomic E-state index is -4.60. The highest BCUT2D eigenvalue weighted by atomic mass is 35.5. The van der Waals surface area contributed by atoms with E-state index in [0.717, 1.165) is 12.3 Å². The molecule has 1 fully saturated rings. The Labute approximate surface area is 156 Å². The highest BCUT2D eigenvalue weighted by Gasteiger charge is 2.33. The van der Waals surface area contributed by atoms with Crippen LogP contribution in [0.25, 0.3) is 0 Å². The zero-order valence-electron chi connectivity index (χ0n) is 13.8. The van der Waals surface area contributed by atoms with Crippen LogP contribution in [0.1, 0.15) is 28.9 Å². The molecule has 0 aromatic carbocycles. The first-order valence-corrected chi connectivity index (χ1v) is 8.36. The lowest BCUT2D eigenvalue weighted by Crippen LogP contribution is -2.44. The van der Waals surface area contributed by atoms with Crippen molar-refractivity contribution in [3.63, 3.8) is 0 Å². The number of amides is 1. The summed E-state index contributed by atoms with van der Waals surface area (Å²) in [5.41, 5.74) is -1.40. The summed E-state index contributed by atoms with van der Waals surface area (Å²) in [6.45, 7) is 0.591. The number of carbonyl (C=O) groups is 1. The molecule has 27 heavy (non-hydrogen) atoms. The van der Waals surface area contributed by atoms with E-state index in [1.807, 2.05) is 0 Å². The minimum Gasteiger partial charge on any atom is -0.458 e. The third-order valence-electron chi connectivity index (χ3n) is 3.97. The van der Waals surface area contributed by atoms with Crippen LogP contribution in [0.5, 0.6) is 6.01 Å². The number of nitrogens with zero attached hydrogens (tertiary/aromatic N) is 3. The number of rotatable bonds is 3. The van der Waals surface area contributed by atoms with Gasteiger partial charge in [-0.15, -0.1) is 0 Å². The van der Waals surface area contributed by atoms with E-state index in [9.17, 15) is 22.8 Å². The van der Waals surface area contributed by atoms with Gasteiger partial charge < -0.3 is 14.6 Å². The molecule has 144 valence electrons. The molecule has 1 N–H and O–H groups in total. The summed E-state index contributed by atoms with van der Waals surface area (Å²) in [6, 6.07) is 1.63. The van der Waals surface area contributed by atoms with Crippen LogP contribution in [0, 0.1) is 0 Å². The number of hydrogen-bond donors (Lipinski definition) is 1. The molecule has 0 bridgehead atoms. The first-order valence-electron chi connectivity index (χ1n) is 7.98. The lowest BCUT2D eigenvalue weighted by Gasteiger charge is -2.32. The second-order valence-corrected chi connectivity index (χ2v) is 6.33. The maximum absolute atomic E-state index is 12.7. The Morgan fingerprint density at radius 3 is 2.89 bits per heavy atom.